The number of nitrogens with zero attached hydrogens (tertiary/aromatic N) is 4. The van der Waals surface area contributed by atoms with Gasteiger partial charge in [0.05, 0.1) is 17.8 Å². The van der Waals surface area contributed by atoms with Crippen molar-refractivity contribution in [3.8, 4) is 11.1 Å². The van der Waals surface area contributed by atoms with E-state index in [-0.39, 0.29) is 0 Å². The topological polar surface area (TPSA) is 78.0 Å². The van der Waals surface area contributed by atoms with Crippen LogP contribution in [0, 0.1) is 19.8 Å². The van der Waals surface area contributed by atoms with Crippen LogP contribution in [0.25, 0.3) is 22.3 Å². The molecule has 1 aliphatic heterocycles. The minimum Gasteiger partial charge on any atom is -0.381 e. The van der Waals surface area contributed by atoms with Crippen LogP contribution in [0.1, 0.15) is 29.9 Å². The molecule has 0 bridgehead atoms. The van der Waals surface area contributed by atoms with Gasteiger partial charge in [0, 0.05) is 37.1 Å². The third kappa shape index (κ3) is 4.05. The van der Waals surface area contributed by atoms with Crippen LogP contribution in [0.2, 0.25) is 0 Å². The zero-order valence-electron chi connectivity index (χ0n) is 18.0. The lowest BCUT2D eigenvalue weighted by Crippen LogP contribution is -2.23. The maximum absolute atomic E-state index is 5.50. The van der Waals surface area contributed by atoms with Crippen LogP contribution in [0.15, 0.2) is 47.1 Å². The molecule has 1 aromatic carbocycles. The second-order valence-electron chi connectivity index (χ2n) is 8.21. The Morgan fingerprint density at radius 2 is 1.94 bits per heavy atom. The summed E-state index contributed by atoms with van der Waals surface area (Å²) >= 11 is 0. The Labute approximate surface area is 181 Å². The van der Waals surface area contributed by atoms with Gasteiger partial charge in [-0.2, -0.15) is 4.98 Å². The molecule has 1 N–H and O–H groups in total. The summed E-state index contributed by atoms with van der Waals surface area (Å²) in [6, 6.07) is 12.6. The molecule has 0 amide bonds. The van der Waals surface area contributed by atoms with Crippen LogP contribution in [0.5, 0.6) is 0 Å². The molecule has 5 rings (SSSR count). The van der Waals surface area contributed by atoms with Crippen molar-refractivity contribution < 1.29 is 9.26 Å². The lowest BCUT2D eigenvalue weighted by molar-refractivity contribution is 0.0699. The number of hydrogen-bond donors (Lipinski definition) is 1. The second kappa shape index (κ2) is 8.51. The molecule has 4 heterocycles. The van der Waals surface area contributed by atoms with Gasteiger partial charge in [-0.1, -0.05) is 35.5 Å². The molecule has 0 radical (unpaired) electrons. The number of anilines is 1. The third-order valence-corrected chi connectivity index (χ3v) is 6.00. The number of rotatable bonds is 6. The summed E-state index contributed by atoms with van der Waals surface area (Å²) in [5.41, 5.74) is 5.81. The van der Waals surface area contributed by atoms with Crippen molar-refractivity contribution in [2.24, 2.45) is 5.92 Å². The van der Waals surface area contributed by atoms with E-state index >= 15 is 0 Å². The van der Waals surface area contributed by atoms with Gasteiger partial charge in [0.25, 0.3) is 0 Å². The van der Waals surface area contributed by atoms with Crippen LogP contribution >= 0.6 is 0 Å². The van der Waals surface area contributed by atoms with Gasteiger partial charge in [0.2, 0.25) is 5.95 Å². The molecule has 0 aliphatic carbocycles. The Bertz CT molecular complexity index is 1160. The highest BCUT2D eigenvalue weighted by Gasteiger charge is 2.19. The molecule has 0 spiro atoms. The molecule has 31 heavy (non-hydrogen) atoms. The lowest BCUT2D eigenvalue weighted by atomic mass is 10.0. The molecule has 1 saturated heterocycles. The van der Waals surface area contributed by atoms with Gasteiger partial charge in [0.15, 0.2) is 5.65 Å². The highest BCUT2D eigenvalue weighted by Crippen LogP contribution is 2.30. The normalized spacial score (nSPS) is 14.9. The van der Waals surface area contributed by atoms with E-state index in [9.17, 15) is 0 Å². The molecule has 4 aromatic rings. The molecular formula is C24H27N5O2. The van der Waals surface area contributed by atoms with Crippen molar-refractivity contribution in [2.45, 2.75) is 33.2 Å². The number of imidazole rings is 1. The molecule has 7 nitrogen and oxygen atoms in total. The van der Waals surface area contributed by atoms with Gasteiger partial charge in [0.1, 0.15) is 5.76 Å². The molecule has 160 valence electrons. The SMILES string of the molecule is Cc1noc(C)c1-c1cnc2nc(NCC3CCOCC3)n(Cc3ccccc3)c2c1. The standard InChI is InChI=1S/C24H27N5O2/c1-16-22(17(2)31-28-16)20-12-21-23(25-14-20)27-24(26-13-18-8-10-30-11-9-18)29(21)15-19-6-4-3-5-7-19/h3-7,12,14,18H,8-11,13,15H2,1-2H3,(H,25,26,27). The highest BCUT2D eigenvalue weighted by atomic mass is 16.5. The zero-order chi connectivity index (χ0) is 21.2. The minimum atomic E-state index is 0.601. The van der Waals surface area contributed by atoms with Gasteiger partial charge in [-0.05, 0) is 44.2 Å². The van der Waals surface area contributed by atoms with Crippen molar-refractivity contribution in [3.63, 3.8) is 0 Å². The largest absolute Gasteiger partial charge is 0.381 e. The molecule has 1 fully saturated rings. The summed E-state index contributed by atoms with van der Waals surface area (Å²) in [5.74, 6) is 2.25. The van der Waals surface area contributed by atoms with Crippen LogP contribution in [0.4, 0.5) is 5.95 Å². The first kappa shape index (κ1) is 19.8. The minimum absolute atomic E-state index is 0.601. The van der Waals surface area contributed by atoms with Gasteiger partial charge in [-0.25, -0.2) is 4.98 Å². The monoisotopic (exact) mass is 417 g/mol. The van der Waals surface area contributed by atoms with E-state index in [0.717, 1.165) is 78.8 Å². The molecule has 1 aliphatic rings. The Hall–Kier alpha value is -3.19. The maximum Gasteiger partial charge on any atom is 0.205 e. The fraction of sp³-hybridized carbons (Fsp3) is 0.375. The van der Waals surface area contributed by atoms with Crippen LogP contribution in [0.3, 0.4) is 0 Å². The summed E-state index contributed by atoms with van der Waals surface area (Å²) in [6.07, 6.45) is 4.03. The molecule has 3 aromatic heterocycles. The molecular weight excluding hydrogens is 390 g/mol. The lowest BCUT2D eigenvalue weighted by Gasteiger charge is -2.22. The fourth-order valence-electron chi connectivity index (χ4n) is 4.28. The first-order chi connectivity index (χ1) is 15.2. The number of fused-ring (bicyclic) bond motifs is 1. The van der Waals surface area contributed by atoms with Gasteiger partial charge >= 0.3 is 0 Å². The number of aryl methyl sites for hydroxylation is 2. The smallest absolute Gasteiger partial charge is 0.205 e. The summed E-state index contributed by atoms with van der Waals surface area (Å²) < 4.78 is 13.1. The highest BCUT2D eigenvalue weighted by molar-refractivity contribution is 5.81. The zero-order valence-corrected chi connectivity index (χ0v) is 18.0. The predicted molar refractivity (Wildman–Crippen MR) is 120 cm³/mol. The molecule has 0 saturated carbocycles. The summed E-state index contributed by atoms with van der Waals surface area (Å²) in [6.45, 7) is 7.18. The van der Waals surface area contributed by atoms with Crippen molar-refractivity contribution >= 4 is 17.1 Å². The summed E-state index contributed by atoms with van der Waals surface area (Å²) in [5, 5.41) is 7.70. The summed E-state index contributed by atoms with van der Waals surface area (Å²) in [7, 11) is 0. The number of aromatic nitrogens is 4. The van der Waals surface area contributed by atoms with Crippen molar-refractivity contribution in [1.29, 1.82) is 0 Å². The number of benzene rings is 1. The third-order valence-electron chi connectivity index (χ3n) is 6.00. The Kier molecular flexibility index (Phi) is 5.42. The number of nitrogens with one attached hydrogen (secondary N) is 1. The molecule has 0 unspecified atom stereocenters. The predicted octanol–water partition coefficient (Wildman–Crippen LogP) is 4.59. The Morgan fingerprint density at radius 3 is 2.68 bits per heavy atom. The van der Waals surface area contributed by atoms with E-state index in [2.05, 4.69) is 50.4 Å². The molecule has 0 atom stereocenters. The Morgan fingerprint density at radius 1 is 1.13 bits per heavy atom. The van der Waals surface area contributed by atoms with E-state index in [1.54, 1.807) is 0 Å². The van der Waals surface area contributed by atoms with E-state index < -0.39 is 0 Å². The van der Waals surface area contributed by atoms with Crippen LogP contribution in [-0.4, -0.2) is 39.5 Å². The number of pyridine rings is 1. The average Bonchev–Trinajstić information content (AvgIpc) is 3.32. The van der Waals surface area contributed by atoms with Crippen LogP contribution < -0.4 is 5.32 Å². The molecule has 7 heteroatoms. The first-order valence-corrected chi connectivity index (χ1v) is 10.8. The first-order valence-electron chi connectivity index (χ1n) is 10.8. The fourth-order valence-corrected chi connectivity index (χ4v) is 4.28. The quantitative estimate of drug-likeness (QED) is 0.494. The van der Waals surface area contributed by atoms with Crippen molar-refractivity contribution in [2.75, 3.05) is 25.1 Å². The van der Waals surface area contributed by atoms with E-state index in [4.69, 9.17) is 14.2 Å². The second-order valence-corrected chi connectivity index (χ2v) is 8.21. The average molecular weight is 418 g/mol. The van der Waals surface area contributed by atoms with E-state index in [0.29, 0.717) is 5.92 Å². The van der Waals surface area contributed by atoms with Gasteiger partial charge in [-0.3, -0.25) is 0 Å². The van der Waals surface area contributed by atoms with Gasteiger partial charge < -0.3 is 19.1 Å². The van der Waals surface area contributed by atoms with Crippen molar-refractivity contribution in [1.82, 2.24) is 19.7 Å². The maximum atomic E-state index is 5.50. The number of hydrogen-bond acceptors (Lipinski definition) is 6. The number of ether oxygens (including phenoxy) is 1. The van der Waals surface area contributed by atoms with Crippen LogP contribution in [-0.2, 0) is 11.3 Å². The van der Waals surface area contributed by atoms with Gasteiger partial charge in [-0.15, -0.1) is 0 Å². The van der Waals surface area contributed by atoms with Crippen molar-refractivity contribution in [3.05, 3.63) is 59.6 Å². The van der Waals surface area contributed by atoms with E-state index in [1.807, 2.05) is 26.1 Å². The summed E-state index contributed by atoms with van der Waals surface area (Å²) in [4.78, 5) is 9.51. The van der Waals surface area contributed by atoms with E-state index in [1.165, 1.54) is 5.56 Å². The Balaban J connectivity index is 1.54.